The van der Waals surface area contributed by atoms with Crippen molar-refractivity contribution in [1.29, 1.82) is 0 Å². The molecule has 1 amide bonds. The number of aromatic nitrogens is 1. The van der Waals surface area contributed by atoms with E-state index in [0.717, 1.165) is 30.0 Å². The Morgan fingerprint density at radius 2 is 1.96 bits per heavy atom. The van der Waals surface area contributed by atoms with Gasteiger partial charge in [-0.2, -0.15) is 0 Å². The van der Waals surface area contributed by atoms with E-state index in [-0.39, 0.29) is 30.7 Å². The maximum absolute atomic E-state index is 12.7. The van der Waals surface area contributed by atoms with Crippen molar-refractivity contribution >= 4 is 36.5 Å². The van der Waals surface area contributed by atoms with Gasteiger partial charge in [0.15, 0.2) is 0 Å². The maximum atomic E-state index is 12.7. The summed E-state index contributed by atoms with van der Waals surface area (Å²) in [6, 6.07) is 11.8. The van der Waals surface area contributed by atoms with Gasteiger partial charge in [0, 0.05) is 18.5 Å². The summed E-state index contributed by atoms with van der Waals surface area (Å²) >= 11 is 0. The van der Waals surface area contributed by atoms with Crippen LogP contribution in [0.1, 0.15) is 32.3 Å². The van der Waals surface area contributed by atoms with E-state index >= 15 is 0 Å². The Morgan fingerprint density at radius 3 is 2.63 bits per heavy atom. The van der Waals surface area contributed by atoms with Gasteiger partial charge in [-0.05, 0) is 48.7 Å². The number of anilines is 1. The van der Waals surface area contributed by atoms with Crippen molar-refractivity contribution in [1.82, 2.24) is 4.98 Å². The first-order valence-corrected chi connectivity index (χ1v) is 8.86. The van der Waals surface area contributed by atoms with E-state index in [2.05, 4.69) is 16.4 Å². The molecular weight excluding hydrogens is 385 g/mol. The number of rotatable bonds is 6. The third kappa shape index (κ3) is 4.72. The van der Waals surface area contributed by atoms with Crippen molar-refractivity contribution in [2.45, 2.75) is 33.1 Å². The molecule has 0 saturated carbocycles. The van der Waals surface area contributed by atoms with Crippen molar-refractivity contribution in [2.75, 3.05) is 18.5 Å². The third-order valence-electron chi connectivity index (χ3n) is 5.20. The quantitative estimate of drug-likeness (QED) is 0.745. The molecule has 0 aliphatic carbocycles. The lowest BCUT2D eigenvalue weighted by Gasteiger charge is -2.28. The number of pyridine rings is 1. The molecule has 2 aromatic rings. The molecule has 0 spiro atoms. The molecule has 7 heteroatoms. The van der Waals surface area contributed by atoms with Crippen LogP contribution in [0.4, 0.5) is 5.82 Å². The monoisotopic (exact) mass is 411 g/mol. The Kier molecular flexibility index (Phi) is 8.54. The van der Waals surface area contributed by atoms with Gasteiger partial charge in [0.05, 0.1) is 17.7 Å². The van der Waals surface area contributed by atoms with Crippen LogP contribution in [0.3, 0.4) is 0 Å². The number of benzene rings is 1. The molecule has 0 saturated heterocycles. The molecule has 5 nitrogen and oxygen atoms in total. The Bertz CT molecular complexity index is 771. The topological polar surface area (TPSA) is 77.2 Å². The number of carbonyl (C=O) groups is 1. The van der Waals surface area contributed by atoms with Crippen LogP contribution in [0, 0.1) is 5.41 Å². The Labute approximate surface area is 172 Å². The molecule has 0 unspecified atom stereocenters. The SMILES string of the molecule is CCC(CC)(CN)C(=O)Nc1cccc(-c2ccc3c(c2)CCO3)n1.Cl.Cl. The number of ether oxygens (including phenoxy) is 1. The number of hydrogen-bond donors (Lipinski definition) is 2. The van der Waals surface area contributed by atoms with Gasteiger partial charge in [-0.15, -0.1) is 24.8 Å². The standard InChI is InChI=1S/C20H25N3O2.2ClH/c1-3-20(4-2,13-21)19(24)23-18-7-5-6-16(22-18)14-8-9-17-15(12-14)10-11-25-17;;/h5-9,12H,3-4,10-11,13,21H2,1-2H3,(H,22,23,24);2*1H. The summed E-state index contributed by atoms with van der Waals surface area (Å²) in [5.74, 6) is 1.44. The lowest BCUT2D eigenvalue weighted by molar-refractivity contribution is -0.125. The summed E-state index contributed by atoms with van der Waals surface area (Å²) in [6.45, 7) is 5.05. The zero-order valence-corrected chi connectivity index (χ0v) is 17.3. The van der Waals surface area contributed by atoms with Crippen LogP contribution in [0.15, 0.2) is 36.4 Å². The first-order chi connectivity index (χ1) is 12.1. The lowest BCUT2D eigenvalue weighted by Crippen LogP contribution is -2.41. The van der Waals surface area contributed by atoms with Crippen LogP contribution in [-0.2, 0) is 11.2 Å². The van der Waals surface area contributed by atoms with Gasteiger partial charge in [0.2, 0.25) is 5.91 Å². The maximum Gasteiger partial charge on any atom is 0.233 e. The van der Waals surface area contributed by atoms with Crippen molar-refractivity contribution in [2.24, 2.45) is 11.1 Å². The fourth-order valence-corrected chi connectivity index (χ4v) is 3.21. The molecule has 1 aliphatic rings. The average Bonchev–Trinajstić information content (AvgIpc) is 3.11. The van der Waals surface area contributed by atoms with Gasteiger partial charge < -0.3 is 15.8 Å². The zero-order valence-electron chi connectivity index (χ0n) is 15.7. The molecule has 3 N–H and O–H groups in total. The van der Waals surface area contributed by atoms with Gasteiger partial charge in [-0.1, -0.05) is 19.9 Å². The van der Waals surface area contributed by atoms with Gasteiger partial charge in [0.25, 0.3) is 0 Å². The lowest BCUT2D eigenvalue weighted by atomic mass is 9.81. The van der Waals surface area contributed by atoms with Gasteiger partial charge in [0.1, 0.15) is 11.6 Å². The molecule has 1 aliphatic heterocycles. The van der Waals surface area contributed by atoms with E-state index in [0.29, 0.717) is 25.2 Å². The number of hydrogen-bond acceptors (Lipinski definition) is 4. The number of halogens is 2. The number of carbonyl (C=O) groups excluding carboxylic acids is 1. The molecule has 2 heterocycles. The van der Waals surface area contributed by atoms with Crippen LogP contribution in [0.25, 0.3) is 11.3 Å². The number of nitrogens with two attached hydrogens (primary N) is 1. The Balaban J connectivity index is 0.00000182. The second-order valence-electron chi connectivity index (χ2n) is 6.47. The largest absolute Gasteiger partial charge is 0.493 e. The fraction of sp³-hybridized carbons (Fsp3) is 0.400. The van der Waals surface area contributed by atoms with E-state index in [1.807, 2.05) is 44.2 Å². The van der Waals surface area contributed by atoms with E-state index in [1.165, 1.54) is 5.56 Å². The minimum atomic E-state index is -0.539. The fourth-order valence-electron chi connectivity index (χ4n) is 3.21. The number of fused-ring (bicyclic) bond motifs is 1. The van der Waals surface area contributed by atoms with E-state index in [1.54, 1.807) is 0 Å². The van der Waals surface area contributed by atoms with E-state index < -0.39 is 5.41 Å². The molecule has 0 atom stereocenters. The second-order valence-corrected chi connectivity index (χ2v) is 6.47. The minimum Gasteiger partial charge on any atom is -0.493 e. The van der Waals surface area contributed by atoms with Crippen LogP contribution in [-0.4, -0.2) is 24.0 Å². The summed E-state index contributed by atoms with van der Waals surface area (Å²) in [4.78, 5) is 17.3. The normalized spacial score (nSPS) is 12.3. The number of nitrogens with zero attached hydrogens (tertiary/aromatic N) is 1. The summed E-state index contributed by atoms with van der Waals surface area (Å²) < 4.78 is 5.55. The molecule has 0 bridgehead atoms. The summed E-state index contributed by atoms with van der Waals surface area (Å²) in [5, 5.41) is 2.94. The first-order valence-electron chi connectivity index (χ1n) is 8.86. The molecule has 148 valence electrons. The van der Waals surface area contributed by atoms with Gasteiger partial charge in [-0.25, -0.2) is 4.98 Å². The van der Waals surface area contributed by atoms with E-state index in [4.69, 9.17) is 10.5 Å². The molecule has 0 radical (unpaired) electrons. The molecular formula is C20H27Cl2N3O2. The number of nitrogens with one attached hydrogen (secondary N) is 1. The smallest absolute Gasteiger partial charge is 0.233 e. The molecule has 1 aromatic heterocycles. The Morgan fingerprint density at radius 1 is 1.22 bits per heavy atom. The van der Waals surface area contributed by atoms with Crippen molar-refractivity contribution in [3.63, 3.8) is 0 Å². The molecule has 1 aromatic carbocycles. The molecule has 27 heavy (non-hydrogen) atoms. The van der Waals surface area contributed by atoms with Crippen molar-refractivity contribution in [3.8, 4) is 17.0 Å². The predicted molar refractivity (Wildman–Crippen MR) is 114 cm³/mol. The zero-order chi connectivity index (χ0) is 17.9. The van der Waals surface area contributed by atoms with Gasteiger partial charge in [-0.3, -0.25) is 4.79 Å². The van der Waals surface area contributed by atoms with Crippen molar-refractivity contribution < 1.29 is 9.53 Å². The third-order valence-corrected chi connectivity index (χ3v) is 5.20. The van der Waals surface area contributed by atoms with Crippen LogP contribution in [0.5, 0.6) is 5.75 Å². The van der Waals surface area contributed by atoms with Crippen LogP contribution >= 0.6 is 24.8 Å². The first kappa shape index (κ1) is 23.2. The number of amides is 1. The predicted octanol–water partition coefficient (Wildman–Crippen LogP) is 4.23. The van der Waals surface area contributed by atoms with Gasteiger partial charge >= 0.3 is 0 Å². The Hall–Kier alpha value is -1.82. The second kappa shape index (κ2) is 9.93. The molecule has 3 rings (SSSR count). The summed E-state index contributed by atoms with van der Waals surface area (Å²) in [5.41, 5.74) is 8.38. The van der Waals surface area contributed by atoms with Crippen LogP contribution in [0.2, 0.25) is 0 Å². The highest BCUT2D eigenvalue weighted by Gasteiger charge is 2.33. The van der Waals surface area contributed by atoms with E-state index in [9.17, 15) is 4.79 Å². The van der Waals surface area contributed by atoms with Crippen LogP contribution < -0.4 is 15.8 Å². The minimum absolute atomic E-state index is 0. The molecule has 0 fully saturated rings. The average molecular weight is 412 g/mol. The van der Waals surface area contributed by atoms with Crippen molar-refractivity contribution in [3.05, 3.63) is 42.0 Å². The summed E-state index contributed by atoms with van der Waals surface area (Å²) in [7, 11) is 0. The highest BCUT2D eigenvalue weighted by Crippen LogP contribution is 2.31. The highest BCUT2D eigenvalue weighted by molar-refractivity contribution is 5.95. The summed E-state index contributed by atoms with van der Waals surface area (Å²) in [6.07, 6.45) is 2.33. The highest BCUT2D eigenvalue weighted by atomic mass is 35.5.